The number of anilines is 1. The number of rotatable bonds is 8. The molecule has 0 bridgehead atoms. The molecule has 4 rings (SSSR count). The van der Waals surface area contributed by atoms with E-state index < -0.39 is 5.91 Å². The molecule has 4 aromatic carbocycles. The maximum Gasteiger partial charge on any atom is 0.266 e. The standard InChI is InChI=1S/C31H28N2O3/c1-4-35-29-18-23(17-26(19-32)31(34)33-30-21(2)9-7-10-22(30)3)15-16-28(29)36-20-25-13-8-12-24-11-5-6-14-27(24)25/h5-18H,4,20H2,1-3H3,(H,33,34). The first-order chi connectivity index (χ1) is 17.5. The highest BCUT2D eigenvalue weighted by molar-refractivity contribution is 6.10. The van der Waals surface area contributed by atoms with E-state index in [1.165, 1.54) is 0 Å². The van der Waals surface area contributed by atoms with Crippen molar-refractivity contribution in [3.63, 3.8) is 0 Å². The van der Waals surface area contributed by atoms with Crippen LogP contribution in [0.25, 0.3) is 16.8 Å². The zero-order valence-electron chi connectivity index (χ0n) is 20.7. The minimum atomic E-state index is -0.454. The minimum Gasteiger partial charge on any atom is -0.490 e. The Bertz CT molecular complexity index is 1460. The molecule has 0 aliphatic rings. The fourth-order valence-electron chi connectivity index (χ4n) is 4.08. The predicted molar refractivity (Wildman–Crippen MR) is 144 cm³/mol. The zero-order valence-corrected chi connectivity index (χ0v) is 20.7. The lowest BCUT2D eigenvalue weighted by molar-refractivity contribution is -0.112. The molecule has 0 unspecified atom stereocenters. The van der Waals surface area contributed by atoms with Gasteiger partial charge in [0.15, 0.2) is 11.5 Å². The summed E-state index contributed by atoms with van der Waals surface area (Å²) in [4.78, 5) is 12.8. The highest BCUT2D eigenvalue weighted by Crippen LogP contribution is 2.31. The molecule has 0 aromatic heterocycles. The fraction of sp³-hybridized carbons (Fsp3) is 0.161. The number of hydrogen-bond acceptors (Lipinski definition) is 4. The third-order valence-electron chi connectivity index (χ3n) is 5.93. The van der Waals surface area contributed by atoms with Gasteiger partial charge in [-0.25, -0.2) is 0 Å². The molecule has 0 heterocycles. The number of aryl methyl sites for hydroxylation is 2. The van der Waals surface area contributed by atoms with Crippen LogP contribution < -0.4 is 14.8 Å². The Hall–Kier alpha value is -4.56. The van der Waals surface area contributed by atoms with E-state index in [4.69, 9.17) is 9.47 Å². The largest absolute Gasteiger partial charge is 0.490 e. The van der Waals surface area contributed by atoms with E-state index >= 15 is 0 Å². The van der Waals surface area contributed by atoms with Crippen molar-refractivity contribution in [2.45, 2.75) is 27.4 Å². The number of fused-ring (bicyclic) bond motifs is 1. The molecule has 5 heteroatoms. The van der Waals surface area contributed by atoms with E-state index in [0.29, 0.717) is 30.3 Å². The Morgan fingerprint density at radius 3 is 2.39 bits per heavy atom. The SMILES string of the molecule is CCOc1cc(C=C(C#N)C(=O)Nc2c(C)cccc2C)ccc1OCc1cccc2ccccc12. The average molecular weight is 477 g/mol. The highest BCUT2D eigenvalue weighted by Gasteiger charge is 2.14. The number of carbonyl (C=O) groups excluding carboxylic acids is 1. The molecular weight excluding hydrogens is 448 g/mol. The van der Waals surface area contributed by atoms with Gasteiger partial charge in [-0.1, -0.05) is 66.7 Å². The molecule has 0 aliphatic heterocycles. The summed E-state index contributed by atoms with van der Waals surface area (Å²) in [5, 5.41) is 14.8. The zero-order chi connectivity index (χ0) is 25.5. The molecule has 4 aromatic rings. The predicted octanol–water partition coefficient (Wildman–Crippen LogP) is 6.98. The smallest absolute Gasteiger partial charge is 0.266 e. The van der Waals surface area contributed by atoms with Gasteiger partial charge in [0.25, 0.3) is 5.91 Å². The number of carbonyl (C=O) groups is 1. The van der Waals surface area contributed by atoms with Crippen LogP contribution in [0, 0.1) is 25.2 Å². The lowest BCUT2D eigenvalue weighted by atomic mass is 10.1. The summed E-state index contributed by atoms with van der Waals surface area (Å²) >= 11 is 0. The van der Waals surface area contributed by atoms with E-state index in [0.717, 1.165) is 33.2 Å². The van der Waals surface area contributed by atoms with E-state index in [2.05, 4.69) is 23.5 Å². The summed E-state index contributed by atoms with van der Waals surface area (Å²) in [6.07, 6.45) is 1.56. The van der Waals surface area contributed by atoms with Crippen molar-refractivity contribution in [1.82, 2.24) is 0 Å². The van der Waals surface area contributed by atoms with Gasteiger partial charge in [0.1, 0.15) is 18.2 Å². The normalized spacial score (nSPS) is 11.1. The molecule has 0 fully saturated rings. The summed E-state index contributed by atoms with van der Waals surface area (Å²) in [6.45, 7) is 6.58. The Balaban J connectivity index is 1.56. The first kappa shape index (κ1) is 24.6. The summed E-state index contributed by atoms with van der Waals surface area (Å²) in [5.74, 6) is 0.698. The van der Waals surface area contributed by atoms with Gasteiger partial charge in [0, 0.05) is 5.69 Å². The second-order valence-electron chi connectivity index (χ2n) is 8.46. The van der Waals surface area contributed by atoms with E-state index in [-0.39, 0.29) is 5.57 Å². The molecule has 0 saturated heterocycles. The van der Waals surface area contributed by atoms with Gasteiger partial charge >= 0.3 is 0 Å². The number of hydrogen-bond donors (Lipinski definition) is 1. The number of nitriles is 1. The van der Waals surface area contributed by atoms with Crippen molar-refractivity contribution < 1.29 is 14.3 Å². The number of benzene rings is 4. The molecule has 1 N–H and O–H groups in total. The highest BCUT2D eigenvalue weighted by atomic mass is 16.5. The second kappa shape index (κ2) is 11.2. The molecule has 0 spiro atoms. The lowest BCUT2D eigenvalue weighted by Crippen LogP contribution is -2.15. The van der Waals surface area contributed by atoms with Crippen LogP contribution in [0.1, 0.15) is 29.2 Å². The van der Waals surface area contributed by atoms with Crippen LogP contribution in [0.2, 0.25) is 0 Å². The van der Waals surface area contributed by atoms with Gasteiger partial charge in [-0.05, 0) is 72.0 Å². The Kier molecular flexibility index (Phi) is 7.67. The lowest BCUT2D eigenvalue weighted by Gasteiger charge is -2.14. The van der Waals surface area contributed by atoms with Crippen LogP contribution in [-0.2, 0) is 11.4 Å². The van der Waals surface area contributed by atoms with Gasteiger partial charge in [0.05, 0.1) is 6.61 Å². The molecular formula is C31H28N2O3. The fourth-order valence-corrected chi connectivity index (χ4v) is 4.08. The van der Waals surface area contributed by atoms with Crippen molar-refractivity contribution in [3.05, 3.63) is 107 Å². The van der Waals surface area contributed by atoms with E-state index in [9.17, 15) is 10.1 Å². The van der Waals surface area contributed by atoms with Crippen molar-refractivity contribution in [1.29, 1.82) is 5.26 Å². The van der Waals surface area contributed by atoms with E-state index in [1.54, 1.807) is 18.2 Å². The van der Waals surface area contributed by atoms with Crippen LogP contribution in [0.15, 0.2) is 84.4 Å². The summed E-state index contributed by atoms with van der Waals surface area (Å²) in [7, 11) is 0. The van der Waals surface area contributed by atoms with Crippen molar-refractivity contribution in [3.8, 4) is 17.6 Å². The molecule has 180 valence electrons. The van der Waals surface area contributed by atoms with Crippen LogP contribution in [0.5, 0.6) is 11.5 Å². The maximum absolute atomic E-state index is 12.8. The van der Waals surface area contributed by atoms with Crippen molar-refractivity contribution in [2.75, 3.05) is 11.9 Å². The average Bonchev–Trinajstić information content (AvgIpc) is 2.89. The van der Waals surface area contributed by atoms with Crippen LogP contribution in [-0.4, -0.2) is 12.5 Å². The number of amides is 1. The monoisotopic (exact) mass is 476 g/mol. The summed E-state index contributed by atoms with van der Waals surface area (Å²) < 4.78 is 12.0. The Morgan fingerprint density at radius 2 is 1.64 bits per heavy atom. The molecule has 0 aliphatic carbocycles. The molecule has 0 radical (unpaired) electrons. The van der Waals surface area contributed by atoms with Gasteiger partial charge in [-0.3, -0.25) is 4.79 Å². The van der Waals surface area contributed by atoms with E-state index in [1.807, 2.05) is 75.4 Å². The number of nitrogens with one attached hydrogen (secondary N) is 1. The van der Waals surface area contributed by atoms with Gasteiger partial charge in [0.2, 0.25) is 0 Å². The minimum absolute atomic E-state index is 0.00419. The number of ether oxygens (including phenoxy) is 2. The maximum atomic E-state index is 12.8. The molecule has 5 nitrogen and oxygen atoms in total. The van der Waals surface area contributed by atoms with Gasteiger partial charge in [-0.2, -0.15) is 5.26 Å². The van der Waals surface area contributed by atoms with Crippen molar-refractivity contribution in [2.24, 2.45) is 0 Å². The molecule has 0 saturated carbocycles. The topological polar surface area (TPSA) is 71.3 Å². The summed E-state index contributed by atoms with van der Waals surface area (Å²) in [6, 6.07) is 27.5. The third kappa shape index (κ3) is 5.56. The Labute approximate surface area is 211 Å². The summed E-state index contributed by atoms with van der Waals surface area (Å²) in [5.41, 5.74) is 4.35. The Morgan fingerprint density at radius 1 is 0.917 bits per heavy atom. The number of nitrogens with zero attached hydrogens (tertiary/aromatic N) is 1. The second-order valence-corrected chi connectivity index (χ2v) is 8.46. The number of para-hydroxylation sites is 1. The third-order valence-corrected chi connectivity index (χ3v) is 5.93. The first-order valence-corrected chi connectivity index (χ1v) is 11.9. The van der Waals surface area contributed by atoms with Crippen LogP contribution >= 0.6 is 0 Å². The van der Waals surface area contributed by atoms with Crippen LogP contribution in [0.4, 0.5) is 5.69 Å². The van der Waals surface area contributed by atoms with Gasteiger partial charge in [-0.15, -0.1) is 0 Å². The van der Waals surface area contributed by atoms with Gasteiger partial charge < -0.3 is 14.8 Å². The quantitative estimate of drug-likeness (QED) is 0.220. The first-order valence-electron chi connectivity index (χ1n) is 11.9. The van der Waals surface area contributed by atoms with Crippen molar-refractivity contribution >= 4 is 28.4 Å². The van der Waals surface area contributed by atoms with Crippen LogP contribution in [0.3, 0.4) is 0 Å². The molecule has 36 heavy (non-hydrogen) atoms. The molecule has 1 amide bonds. The molecule has 0 atom stereocenters.